The molecule has 0 bridgehead atoms. The monoisotopic (exact) mass is 294 g/mol. The molecule has 1 aliphatic heterocycles. The van der Waals surface area contributed by atoms with E-state index in [4.69, 9.17) is 5.11 Å². The van der Waals surface area contributed by atoms with Crippen LogP contribution in [-0.4, -0.2) is 58.5 Å². The van der Waals surface area contributed by atoms with Gasteiger partial charge in [-0.25, -0.2) is 0 Å². The summed E-state index contributed by atoms with van der Waals surface area (Å²) in [5, 5.41) is 15.8. The Morgan fingerprint density at radius 3 is 2.81 bits per heavy atom. The predicted molar refractivity (Wildman–Crippen MR) is 81.0 cm³/mol. The van der Waals surface area contributed by atoms with Crippen LogP contribution in [0, 0.1) is 5.92 Å². The van der Waals surface area contributed by atoms with Crippen molar-refractivity contribution in [1.82, 2.24) is 20.0 Å². The van der Waals surface area contributed by atoms with Crippen molar-refractivity contribution >= 4 is 5.91 Å². The molecule has 0 aromatic carbocycles. The summed E-state index contributed by atoms with van der Waals surface area (Å²) in [5.74, 6) is 0.535. The highest BCUT2D eigenvalue weighted by molar-refractivity contribution is 5.93. The maximum absolute atomic E-state index is 11.9. The highest BCUT2D eigenvalue weighted by Crippen LogP contribution is 2.16. The summed E-state index contributed by atoms with van der Waals surface area (Å²) in [5.41, 5.74) is 0.624. The number of carbonyl (C=O) groups excluding carboxylic acids is 1. The molecule has 1 saturated heterocycles. The van der Waals surface area contributed by atoms with E-state index in [0.29, 0.717) is 11.5 Å². The lowest BCUT2D eigenvalue weighted by Gasteiger charge is -2.31. The van der Waals surface area contributed by atoms with E-state index in [1.807, 2.05) is 7.05 Å². The van der Waals surface area contributed by atoms with Gasteiger partial charge in [0.15, 0.2) is 0 Å². The lowest BCUT2D eigenvalue weighted by atomic mass is 9.96. The molecule has 1 fully saturated rings. The van der Waals surface area contributed by atoms with Gasteiger partial charge in [-0.3, -0.25) is 9.48 Å². The van der Waals surface area contributed by atoms with Crippen molar-refractivity contribution in [3.05, 3.63) is 18.0 Å². The van der Waals surface area contributed by atoms with E-state index < -0.39 is 0 Å². The van der Waals surface area contributed by atoms with Crippen LogP contribution in [-0.2, 0) is 7.05 Å². The molecule has 0 saturated carbocycles. The second-order valence-corrected chi connectivity index (χ2v) is 5.83. The maximum Gasteiger partial charge on any atom is 0.254 e. The Balaban J connectivity index is 1.63. The Bertz CT molecular complexity index is 439. The standard InChI is InChI=1S/C15H26N4O2/c1-18-12-14(11-17-18)15(21)16-10-13-4-7-19(8-5-13)6-2-3-9-20/h11-13,20H,2-10H2,1H3,(H,16,21). The molecule has 0 aliphatic carbocycles. The van der Waals surface area contributed by atoms with E-state index in [0.717, 1.165) is 51.9 Å². The number of aromatic nitrogens is 2. The zero-order chi connectivity index (χ0) is 15.1. The number of aliphatic hydroxyl groups is 1. The molecule has 2 rings (SSSR count). The van der Waals surface area contributed by atoms with Gasteiger partial charge in [0, 0.05) is 26.4 Å². The Kier molecular flexibility index (Phi) is 6.20. The van der Waals surface area contributed by atoms with Gasteiger partial charge in [0.25, 0.3) is 5.91 Å². The van der Waals surface area contributed by atoms with Gasteiger partial charge in [-0.05, 0) is 51.2 Å². The minimum atomic E-state index is -0.0338. The van der Waals surface area contributed by atoms with Crippen LogP contribution in [0.4, 0.5) is 0 Å². The third-order valence-electron chi connectivity index (χ3n) is 4.11. The second-order valence-electron chi connectivity index (χ2n) is 5.83. The van der Waals surface area contributed by atoms with Crippen LogP contribution in [0.2, 0.25) is 0 Å². The van der Waals surface area contributed by atoms with Crippen LogP contribution in [0.5, 0.6) is 0 Å². The Morgan fingerprint density at radius 2 is 2.19 bits per heavy atom. The molecular weight excluding hydrogens is 268 g/mol. The van der Waals surface area contributed by atoms with Gasteiger partial charge in [-0.15, -0.1) is 0 Å². The normalized spacial score (nSPS) is 17.0. The summed E-state index contributed by atoms with van der Waals surface area (Å²) in [4.78, 5) is 14.4. The number of aliphatic hydroxyl groups excluding tert-OH is 1. The number of nitrogens with one attached hydrogen (secondary N) is 1. The fourth-order valence-electron chi connectivity index (χ4n) is 2.74. The fourth-order valence-corrected chi connectivity index (χ4v) is 2.74. The lowest BCUT2D eigenvalue weighted by molar-refractivity contribution is 0.0935. The number of nitrogens with zero attached hydrogens (tertiary/aromatic N) is 3. The fraction of sp³-hybridized carbons (Fsp3) is 0.733. The molecular formula is C15H26N4O2. The van der Waals surface area contributed by atoms with Crippen LogP contribution in [0.25, 0.3) is 0 Å². The predicted octanol–water partition coefficient (Wildman–Crippen LogP) is 0.634. The molecule has 0 spiro atoms. The smallest absolute Gasteiger partial charge is 0.254 e. The average molecular weight is 294 g/mol. The molecule has 118 valence electrons. The highest BCUT2D eigenvalue weighted by Gasteiger charge is 2.19. The van der Waals surface area contributed by atoms with Crippen LogP contribution in [0.1, 0.15) is 36.0 Å². The van der Waals surface area contributed by atoms with E-state index in [9.17, 15) is 4.79 Å². The third-order valence-corrected chi connectivity index (χ3v) is 4.11. The van der Waals surface area contributed by atoms with Gasteiger partial charge in [0.1, 0.15) is 0 Å². The van der Waals surface area contributed by atoms with Crippen LogP contribution in [0.3, 0.4) is 0 Å². The van der Waals surface area contributed by atoms with Crippen molar-refractivity contribution in [2.45, 2.75) is 25.7 Å². The molecule has 2 heterocycles. The number of hydrogen-bond donors (Lipinski definition) is 2. The summed E-state index contributed by atoms with van der Waals surface area (Å²) in [6, 6.07) is 0. The molecule has 1 aromatic heterocycles. The van der Waals surface area contributed by atoms with Crippen molar-refractivity contribution in [2.75, 3.05) is 32.8 Å². The molecule has 1 aliphatic rings. The van der Waals surface area contributed by atoms with Crippen molar-refractivity contribution in [3.63, 3.8) is 0 Å². The topological polar surface area (TPSA) is 70.4 Å². The van der Waals surface area contributed by atoms with E-state index >= 15 is 0 Å². The first-order valence-electron chi connectivity index (χ1n) is 7.79. The third kappa shape index (κ3) is 5.13. The number of piperidine rings is 1. The number of hydrogen-bond acceptors (Lipinski definition) is 4. The van der Waals surface area contributed by atoms with Gasteiger partial charge in [-0.2, -0.15) is 5.10 Å². The minimum Gasteiger partial charge on any atom is -0.396 e. The van der Waals surface area contributed by atoms with Gasteiger partial charge in [-0.1, -0.05) is 0 Å². The molecule has 6 nitrogen and oxygen atoms in total. The second kappa shape index (κ2) is 8.14. The number of aryl methyl sites for hydroxylation is 1. The zero-order valence-electron chi connectivity index (χ0n) is 12.8. The number of rotatable bonds is 7. The summed E-state index contributed by atoms with van der Waals surface area (Å²) >= 11 is 0. The molecule has 6 heteroatoms. The van der Waals surface area contributed by atoms with Gasteiger partial charge >= 0.3 is 0 Å². The quantitative estimate of drug-likeness (QED) is 0.724. The first-order chi connectivity index (χ1) is 10.2. The van der Waals surface area contributed by atoms with E-state index in [1.165, 1.54) is 0 Å². The Labute approximate surface area is 126 Å². The highest BCUT2D eigenvalue weighted by atomic mass is 16.2. The van der Waals surface area contributed by atoms with Crippen LogP contribution in [0.15, 0.2) is 12.4 Å². The van der Waals surface area contributed by atoms with E-state index in [2.05, 4.69) is 15.3 Å². The summed E-state index contributed by atoms with van der Waals surface area (Å²) in [7, 11) is 1.81. The first kappa shape index (κ1) is 16.0. The van der Waals surface area contributed by atoms with Gasteiger partial charge in [0.2, 0.25) is 0 Å². The van der Waals surface area contributed by atoms with Gasteiger partial charge < -0.3 is 15.3 Å². The van der Waals surface area contributed by atoms with Crippen molar-refractivity contribution in [3.8, 4) is 0 Å². The largest absolute Gasteiger partial charge is 0.396 e. The number of unbranched alkanes of at least 4 members (excludes halogenated alkanes) is 1. The molecule has 0 atom stereocenters. The number of amides is 1. The zero-order valence-corrected chi connectivity index (χ0v) is 12.8. The van der Waals surface area contributed by atoms with E-state index in [1.54, 1.807) is 17.1 Å². The average Bonchev–Trinajstić information content (AvgIpc) is 2.93. The number of likely N-dealkylation sites (tertiary alicyclic amines) is 1. The molecule has 1 aromatic rings. The molecule has 0 radical (unpaired) electrons. The molecule has 2 N–H and O–H groups in total. The Hall–Kier alpha value is -1.40. The van der Waals surface area contributed by atoms with Crippen LogP contribution >= 0.6 is 0 Å². The minimum absolute atomic E-state index is 0.0338. The van der Waals surface area contributed by atoms with Crippen molar-refractivity contribution in [1.29, 1.82) is 0 Å². The SMILES string of the molecule is Cn1cc(C(=O)NCC2CCN(CCCCO)CC2)cn1. The Morgan fingerprint density at radius 1 is 1.43 bits per heavy atom. The van der Waals surface area contributed by atoms with Crippen molar-refractivity contribution < 1.29 is 9.90 Å². The molecule has 0 unspecified atom stereocenters. The summed E-state index contributed by atoms with van der Waals surface area (Å²) in [6.45, 7) is 4.31. The number of carbonyl (C=O) groups is 1. The first-order valence-corrected chi connectivity index (χ1v) is 7.79. The summed E-state index contributed by atoms with van der Waals surface area (Å²) in [6.07, 6.45) is 7.55. The lowest BCUT2D eigenvalue weighted by Crippen LogP contribution is -2.39. The summed E-state index contributed by atoms with van der Waals surface area (Å²) < 4.78 is 1.64. The van der Waals surface area contributed by atoms with Crippen LogP contribution < -0.4 is 5.32 Å². The molecule has 21 heavy (non-hydrogen) atoms. The molecule has 1 amide bonds. The van der Waals surface area contributed by atoms with E-state index in [-0.39, 0.29) is 12.5 Å². The van der Waals surface area contributed by atoms with Crippen molar-refractivity contribution in [2.24, 2.45) is 13.0 Å². The van der Waals surface area contributed by atoms with Gasteiger partial charge in [0.05, 0.1) is 11.8 Å². The maximum atomic E-state index is 11.9.